The standard InChI is InChI=1S/C17H19FN2O3S2/c18-14-6-4-13(5-7-14)17(21)19-12-15-8-9-16(24-15)25(22,23)20-10-2-1-3-11-20/h4-9H,1-3,10-12H2,(H,19,21). The van der Waals surface area contributed by atoms with Crippen LogP contribution in [0.1, 0.15) is 34.5 Å². The zero-order valence-electron chi connectivity index (χ0n) is 13.6. The highest BCUT2D eigenvalue weighted by molar-refractivity contribution is 7.91. The van der Waals surface area contributed by atoms with Gasteiger partial charge in [0.15, 0.2) is 0 Å². The number of benzene rings is 1. The maximum Gasteiger partial charge on any atom is 0.252 e. The molecule has 0 spiro atoms. The molecule has 0 unspecified atom stereocenters. The van der Waals surface area contributed by atoms with Gasteiger partial charge in [-0.25, -0.2) is 12.8 Å². The number of halogens is 1. The van der Waals surface area contributed by atoms with Crippen LogP contribution in [0.3, 0.4) is 0 Å². The summed E-state index contributed by atoms with van der Waals surface area (Å²) in [6.45, 7) is 1.37. The number of hydrogen-bond donors (Lipinski definition) is 1. The van der Waals surface area contributed by atoms with E-state index in [0.29, 0.717) is 22.9 Å². The van der Waals surface area contributed by atoms with Crippen LogP contribution in [0.25, 0.3) is 0 Å². The second-order valence-electron chi connectivity index (χ2n) is 5.88. The maximum absolute atomic E-state index is 12.9. The summed E-state index contributed by atoms with van der Waals surface area (Å²) in [5.74, 6) is -0.726. The molecule has 0 atom stereocenters. The van der Waals surface area contributed by atoms with Crippen molar-refractivity contribution in [1.82, 2.24) is 9.62 Å². The fraction of sp³-hybridized carbons (Fsp3) is 0.353. The highest BCUT2D eigenvalue weighted by Gasteiger charge is 2.27. The molecule has 0 radical (unpaired) electrons. The third-order valence-electron chi connectivity index (χ3n) is 4.08. The zero-order valence-corrected chi connectivity index (χ0v) is 15.2. The van der Waals surface area contributed by atoms with Gasteiger partial charge in [-0.3, -0.25) is 4.79 Å². The van der Waals surface area contributed by atoms with Crippen molar-refractivity contribution in [1.29, 1.82) is 0 Å². The van der Waals surface area contributed by atoms with Gasteiger partial charge in [0.2, 0.25) is 0 Å². The van der Waals surface area contributed by atoms with Crippen molar-refractivity contribution in [2.75, 3.05) is 13.1 Å². The Morgan fingerprint density at radius 1 is 1.08 bits per heavy atom. The van der Waals surface area contributed by atoms with Crippen molar-refractivity contribution < 1.29 is 17.6 Å². The Labute approximate surface area is 150 Å². The predicted molar refractivity (Wildman–Crippen MR) is 94.5 cm³/mol. The van der Waals surface area contributed by atoms with Crippen molar-refractivity contribution >= 4 is 27.3 Å². The molecule has 0 saturated carbocycles. The lowest BCUT2D eigenvalue weighted by Gasteiger charge is -2.25. The number of carbonyl (C=O) groups excluding carboxylic acids is 1. The zero-order chi connectivity index (χ0) is 17.9. The lowest BCUT2D eigenvalue weighted by Crippen LogP contribution is -2.35. The van der Waals surface area contributed by atoms with Crippen LogP contribution in [0.5, 0.6) is 0 Å². The van der Waals surface area contributed by atoms with Gasteiger partial charge in [0.25, 0.3) is 15.9 Å². The third kappa shape index (κ3) is 4.26. The molecule has 1 aliphatic heterocycles. The molecule has 1 fully saturated rings. The van der Waals surface area contributed by atoms with Crippen molar-refractivity contribution in [3.05, 3.63) is 52.7 Å². The van der Waals surface area contributed by atoms with Gasteiger partial charge in [-0.15, -0.1) is 11.3 Å². The van der Waals surface area contributed by atoms with Crippen LogP contribution in [0.15, 0.2) is 40.6 Å². The lowest BCUT2D eigenvalue weighted by atomic mass is 10.2. The maximum atomic E-state index is 12.9. The van der Waals surface area contributed by atoms with Gasteiger partial charge in [0, 0.05) is 23.5 Å². The van der Waals surface area contributed by atoms with Crippen molar-refractivity contribution in [3.63, 3.8) is 0 Å². The topological polar surface area (TPSA) is 66.5 Å². The highest BCUT2D eigenvalue weighted by atomic mass is 32.2. The number of thiophene rings is 1. The number of carbonyl (C=O) groups is 1. The SMILES string of the molecule is O=C(NCc1ccc(S(=O)(=O)N2CCCCC2)s1)c1ccc(F)cc1. The second-order valence-corrected chi connectivity index (χ2v) is 9.21. The fourth-order valence-corrected chi connectivity index (χ4v) is 5.66. The molecule has 0 bridgehead atoms. The summed E-state index contributed by atoms with van der Waals surface area (Å²) in [7, 11) is -3.44. The number of amides is 1. The molecular weight excluding hydrogens is 363 g/mol. The molecule has 2 aromatic rings. The molecule has 1 aliphatic rings. The summed E-state index contributed by atoms with van der Waals surface area (Å²) in [6.07, 6.45) is 2.85. The number of hydrogen-bond acceptors (Lipinski definition) is 4. The van der Waals surface area contributed by atoms with Gasteiger partial charge >= 0.3 is 0 Å². The van der Waals surface area contributed by atoms with Crippen LogP contribution in [0, 0.1) is 5.82 Å². The Bertz CT molecular complexity index is 841. The van der Waals surface area contributed by atoms with E-state index in [1.807, 2.05) is 0 Å². The summed E-state index contributed by atoms with van der Waals surface area (Å²) in [6, 6.07) is 8.57. The Hall–Kier alpha value is -1.77. The van der Waals surface area contributed by atoms with Gasteiger partial charge < -0.3 is 5.32 Å². The Morgan fingerprint density at radius 2 is 1.76 bits per heavy atom. The quantitative estimate of drug-likeness (QED) is 0.864. The highest BCUT2D eigenvalue weighted by Crippen LogP contribution is 2.27. The molecule has 2 heterocycles. The smallest absolute Gasteiger partial charge is 0.252 e. The largest absolute Gasteiger partial charge is 0.347 e. The van der Waals surface area contributed by atoms with Crippen molar-refractivity contribution in [2.24, 2.45) is 0 Å². The fourth-order valence-electron chi connectivity index (χ4n) is 2.70. The van der Waals surface area contributed by atoms with E-state index >= 15 is 0 Å². The molecule has 0 aliphatic carbocycles. The molecule has 1 saturated heterocycles. The van der Waals surface area contributed by atoms with Crippen molar-refractivity contribution in [3.8, 4) is 0 Å². The van der Waals surface area contributed by atoms with Gasteiger partial charge in [-0.1, -0.05) is 6.42 Å². The van der Waals surface area contributed by atoms with E-state index in [1.54, 1.807) is 12.1 Å². The second kappa shape index (κ2) is 7.63. The first kappa shape index (κ1) is 18.0. The molecule has 25 heavy (non-hydrogen) atoms. The van der Waals surface area contributed by atoms with E-state index in [9.17, 15) is 17.6 Å². The molecule has 1 N–H and O–H groups in total. The van der Waals surface area contributed by atoms with Crippen LogP contribution in [0.4, 0.5) is 4.39 Å². The van der Waals surface area contributed by atoms with Crippen LogP contribution >= 0.6 is 11.3 Å². The van der Waals surface area contributed by atoms with Crippen LogP contribution in [-0.4, -0.2) is 31.7 Å². The normalized spacial score (nSPS) is 15.9. The van der Waals surface area contributed by atoms with E-state index in [-0.39, 0.29) is 12.5 Å². The Kier molecular flexibility index (Phi) is 5.51. The Morgan fingerprint density at radius 3 is 2.44 bits per heavy atom. The van der Waals surface area contributed by atoms with Crippen LogP contribution < -0.4 is 5.32 Å². The van der Waals surface area contributed by atoms with Crippen LogP contribution in [0.2, 0.25) is 0 Å². The van der Waals surface area contributed by atoms with E-state index in [2.05, 4.69) is 5.32 Å². The average Bonchev–Trinajstić information content (AvgIpc) is 3.11. The third-order valence-corrected chi connectivity index (χ3v) is 7.53. The summed E-state index contributed by atoms with van der Waals surface area (Å²) in [5.41, 5.74) is 0.360. The van der Waals surface area contributed by atoms with E-state index < -0.39 is 15.8 Å². The van der Waals surface area contributed by atoms with E-state index in [1.165, 1.54) is 39.9 Å². The van der Waals surface area contributed by atoms with Gasteiger partial charge in [-0.2, -0.15) is 4.31 Å². The molecule has 5 nitrogen and oxygen atoms in total. The lowest BCUT2D eigenvalue weighted by molar-refractivity contribution is 0.0951. The monoisotopic (exact) mass is 382 g/mol. The summed E-state index contributed by atoms with van der Waals surface area (Å²) >= 11 is 1.17. The molecular formula is C17H19FN2O3S2. The minimum atomic E-state index is -3.44. The molecule has 134 valence electrons. The molecule has 1 aromatic carbocycles. The number of nitrogens with one attached hydrogen (secondary N) is 1. The molecule has 1 aromatic heterocycles. The number of rotatable bonds is 5. The number of piperidine rings is 1. The summed E-state index contributed by atoms with van der Waals surface area (Å²) in [5, 5.41) is 2.72. The first-order valence-corrected chi connectivity index (χ1v) is 10.3. The van der Waals surface area contributed by atoms with E-state index in [0.717, 1.165) is 24.1 Å². The Balaban J connectivity index is 1.63. The minimum Gasteiger partial charge on any atom is -0.347 e. The molecule has 3 rings (SSSR count). The number of sulfonamides is 1. The van der Waals surface area contributed by atoms with Crippen LogP contribution in [-0.2, 0) is 16.6 Å². The molecule has 8 heteroatoms. The summed E-state index contributed by atoms with van der Waals surface area (Å²) < 4.78 is 39.9. The average molecular weight is 382 g/mol. The first-order chi connectivity index (χ1) is 12.0. The van der Waals surface area contributed by atoms with E-state index in [4.69, 9.17) is 0 Å². The minimum absolute atomic E-state index is 0.233. The van der Waals surface area contributed by atoms with Crippen molar-refractivity contribution in [2.45, 2.75) is 30.0 Å². The van der Waals surface area contributed by atoms with Gasteiger partial charge in [-0.05, 0) is 49.2 Å². The van der Waals surface area contributed by atoms with Gasteiger partial charge in [0.1, 0.15) is 10.0 Å². The first-order valence-electron chi connectivity index (χ1n) is 8.09. The summed E-state index contributed by atoms with van der Waals surface area (Å²) in [4.78, 5) is 12.8. The van der Waals surface area contributed by atoms with Gasteiger partial charge in [0.05, 0.1) is 6.54 Å². The molecule has 1 amide bonds. The predicted octanol–water partition coefficient (Wildman–Crippen LogP) is 2.99. The number of nitrogens with zero attached hydrogens (tertiary/aromatic N) is 1.